The van der Waals surface area contributed by atoms with E-state index >= 15 is 0 Å². The Balaban J connectivity index is 1.67. The lowest BCUT2D eigenvalue weighted by Crippen LogP contribution is -2.56. The van der Waals surface area contributed by atoms with Crippen molar-refractivity contribution in [3.05, 3.63) is 11.6 Å². The lowest BCUT2D eigenvalue weighted by atomic mass is 9.46. The zero-order valence-electron chi connectivity index (χ0n) is 17.2. The second-order valence-electron chi connectivity index (χ2n) is 9.70. The van der Waals surface area contributed by atoms with Gasteiger partial charge in [0.25, 0.3) is 0 Å². The maximum Gasteiger partial charge on any atom is 0.305 e. The van der Waals surface area contributed by atoms with Crippen LogP contribution in [0.5, 0.6) is 0 Å². The first-order valence-corrected chi connectivity index (χ1v) is 11.1. The van der Waals surface area contributed by atoms with Gasteiger partial charge >= 0.3 is 5.97 Å². The van der Waals surface area contributed by atoms with E-state index in [1.54, 1.807) is 6.92 Å². The fraction of sp³-hybridized carbons (Fsp3) is 0.826. The van der Waals surface area contributed by atoms with Gasteiger partial charge in [0, 0.05) is 6.42 Å². The van der Waals surface area contributed by atoms with Crippen LogP contribution in [0.1, 0.15) is 71.6 Å². The number of allylic oxidation sites excluding steroid dienone is 1. The first-order chi connectivity index (χ1) is 13.4. The number of aliphatic hydroxyl groups is 2. The molecule has 0 amide bonds. The summed E-state index contributed by atoms with van der Waals surface area (Å²) in [4.78, 5) is 25.1. The highest BCUT2D eigenvalue weighted by Gasteiger charge is 2.64. The third-order valence-corrected chi connectivity index (χ3v) is 8.76. The van der Waals surface area contributed by atoms with E-state index in [-0.39, 0.29) is 35.3 Å². The molecule has 5 heteroatoms. The summed E-state index contributed by atoms with van der Waals surface area (Å²) in [5.41, 5.74) is 0.807. The van der Waals surface area contributed by atoms with E-state index in [1.807, 2.05) is 0 Å². The molecule has 156 valence electrons. The highest BCUT2D eigenvalue weighted by atomic mass is 16.5. The number of fused-ring (bicyclic) bond motifs is 5. The monoisotopic (exact) mass is 390 g/mol. The standard InChI is InChI=1S/C23H34O5/c1-3-21(27)28-20-7-6-18-16-5-4-14-12-15(25)8-10-22(14,2)17(16)9-11-23(18,20)19(26)13-24/h12,15-18,20,24-25H,3-11,13H2,1-2H3/t15?,16?,17?,18?,20-,22+,23+/m1/s1. The van der Waals surface area contributed by atoms with Gasteiger partial charge in [-0.1, -0.05) is 25.5 Å². The Hall–Kier alpha value is -1.20. The molecule has 0 heterocycles. The molecule has 3 saturated carbocycles. The van der Waals surface area contributed by atoms with E-state index in [2.05, 4.69) is 13.0 Å². The number of esters is 1. The molecular formula is C23H34O5. The Morgan fingerprint density at radius 1 is 1.14 bits per heavy atom. The highest BCUT2D eigenvalue weighted by Crippen LogP contribution is 2.66. The number of carbonyl (C=O) groups excluding carboxylic acids is 2. The zero-order chi connectivity index (χ0) is 20.1. The molecular weight excluding hydrogens is 356 g/mol. The van der Waals surface area contributed by atoms with Crippen molar-refractivity contribution in [3.8, 4) is 0 Å². The molecule has 7 atom stereocenters. The van der Waals surface area contributed by atoms with Gasteiger partial charge in [-0.15, -0.1) is 0 Å². The van der Waals surface area contributed by atoms with E-state index in [0.29, 0.717) is 24.7 Å². The predicted octanol–water partition coefficient (Wildman–Crippen LogP) is 3.17. The van der Waals surface area contributed by atoms with Crippen LogP contribution in [0, 0.1) is 28.6 Å². The summed E-state index contributed by atoms with van der Waals surface area (Å²) in [6.45, 7) is 3.66. The van der Waals surface area contributed by atoms with Gasteiger partial charge in [0.2, 0.25) is 0 Å². The van der Waals surface area contributed by atoms with Crippen molar-refractivity contribution < 1.29 is 24.5 Å². The molecule has 4 aliphatic carbocycles. The fourth-order valence-corrected chi connectivity index (χ4v) is 7.42. The smallest absolute Gasteiger partial charge is 0.305 e. The summed E-state index contributed by atoms with van der Waals surface area (Å²) < 4.78 is 5.77. The van der Waals surface area contributed by atoms with Crippen molar-refractivity contribution in [1.29, 1.82) is 0 Å². The van der Waals surface area contributed by atoms with Crippen LogP contribution in [0.2, 0.25) is 0 Å². The first-order valence-electron chi connectivity index (χ1n) is 11.1. The van der Waals surface area contributed by atoms with Crippen LogP contribution in [-0.4, -0.2) is 40.8 Å². The first kappa shape index (κ1) is 20.1. The van der Waals surface area contributed by atoms with Gasteiger partial charge in [-0.25, -0.2) is 0 Å². The third kappa shape index (κ3) is 2.80. The van der Waals surface area contributed by atoms with Crippen LogP contribution in [0.15, 0.2) is 11.6 Å². The van der Waals surface area contributed by atoms with Crippen LogP contribution in [-0.2, 0) is 14.3 Å². The average molecular weight is 391 g/mol. The number of ether oxygens (including phenoxy) is 1. The fourth-order valence-electron chi connectivity index (χ4n) is 7.42. The van der Waals surface area contributed by atoms with Gasteiger partial charge in [0.05, 0.1) is 11.5 Å². The largest absolute Gasteiger partial charge is 0.461 e. The molecule has 5 nitrogen and oxygen atoms in total. The molecule has 0 aromatic carbocycles. The molecule has 28 heavy (non-hydrogen) atoms. The molecule has 0 bridgehead atoms. The van der Waals surface area contributed by atoms with Gasteiger partial charge in [-0.05, 0) is 74.5 Å². The Morgan fingerprint density at radius 2 is 1.93 bits per heavy atom. The molecule has 0 radical (unpaired) electrons. The van der Waals surface area contributed by atoms with Crippen molar-refractivity contribution in [3.63, 3.8) is 0 Å². The molecule has 4 aliphatic rings. The summed E-state index contributed by atoms with van der Waals surface area (Å²) >= 11 is 0. The Morgan fingerprint density at radius 3 is 2.64 bits per heavy atom. The van der Waals surface area contributed by atoms with Gasteiger partial charge < -0.3 is 14.9 Å². The van der Waals surface area contributed by atoms with Crippen molar-refractivity contribution in [2.24, 2.45) is 28.6 Å². The van der Waals surface area contributed by atoms with Gasteiger partial charge in [-0.3, -0.25) is 9.59 Å². The number of hydrogen-bond acceptors (Lipinski definition) is 5. The molecule has 4 rings (SSSR count). The van der Waals surface area contributed by atoms with E-state index in [1.165, 1.54) is 5.57 Å². The molecule has 2 N–H and O–H groups in total. The zero-order valence-corrected chi connectivity index (χ0v) is 17.2. The van der Waals surface area contributed by atoms with E-state index in [9.17, 15) is 19.8 Å². The normalized spacial score (nSPS) is 44.7. The van der Waals surface area contributed by atoms with Crippen LogP contribution in [0.25, 0.3) is 0 Å². The molecule has 0 spiro atoms. The number of rotatable bonds is 4. The van der Waals surface area contributed by atoms with Crippen molar-refractivity contribution >= 4 is 11.8 Å². The predicted molar refractivity (Wildman–Crippen MR) is 104 cm³/mol. The Labute approximate surface area is 167 Å². The van der Waals surface area contributed by atoms with E-state index < -0.39 is 12.0 Å². The number of hydrogen-bond donors (Lipinski definition) is 2. The molecule has 0 aliphatic heterocycles. The SMILES string of the molecule is CCC(=O)O[C@@H]1CCC2C3CCC4=CC(O)CC[C@]4(C)C3CC[C@@]21C(=O)CO. The summed E-state index contributed by atoms with van der Waals surface area (Å²) in [5.74, 6) is 0.732. The number of aliphatic hydroxyl groups excluding tert-OH is 2. The summed E-state index contributed by atoms with van der Waals surface area (Å²) in [7, 11) is 0. The van der Waals surface area contributed by atoms with Gasteiger partial charge in [-0.2, -0.15) is 0 Å². The summed E-state index contributed by atoms with van der Waals surface area (Å²) in [6, 6.07) is 0. The maximum absolute atomic E-state index is 13.0. The minimum atomic E-state index is -0.702. The van der Waals surface area contributed by atoms with E-state index in [4.69, 9.17) is 4.74 Å². The number of ketones is 1. The van der Waals surface area contributed by atoms with Crippen molar-refractivity contribution in [2.75, 3.05) is 6.61 Å². The molecule has 3 fully saturated rings. The van der Waals surface area contributed by atoms with Crippen LogP contribution < -0.4 is 0 Å². The van der Waals surface area contributed by atoms with Crippen molar-refractivity contribution in [1.82, 2.24) is 0 Å². The lowest BCUT2D eigenvalue weighted by molar-refractivity contribution is -0.169. The Bertz CT molecular complexity index is 684. The van der Waals surface area contributed by atoms with Gasteiger partial charge in [0.1, 0.15) is 12.7 Å². The second kappa shape index (κ2) is 7.24. The average Bonchev–Trinajstić information content (AvgIpc) is 3.07. The second-order valence-corrected chi connectivity index (χ2v) is 9.70. The molecule has 0 aromatic rings. The molecule has 0 aromatic heterocycles. The molecule has 0 saturated heterocycles. The number of Topliss-reactive ketones (excluding diaryl/α,β-unsaturated/α-hetero) is 1. The maximum atomic E-state index is 13.0. The lowest BCUT2D eigenvalue weighted by Gasteiger charge is -2.58. The van der Waals surface area contributed by atoms with Gasteiger partial charge in [0.15, 0.2) is 5.78 Å². The summed E-state index contributed by atoms with van der Waals surface area (Å²) in [5, 5.41) is 19.9. The Kier molecular flexibility index (Phi) is 5.20. The van der Waals surface area contributed by atoms with E-state index in [0.717, 1.165) is 44.9 Å². The number of carbonyl (C=O) groups is 2. The minimum absolute atomic E-state index is 0.106. The highest BCUT2D eigenvalue weighted by molar-refractivity contribution is 5.88. The minimum Gasteiger partial charge on any atom is -0.461 e. The molecule has 4 unspecified atom stereocenters. The summed E-state index contributed by atoms with van der Waals surface area (Å²) in [6.07, 6.45) is 8.76. The van der Waals surface area contributed by atoms with Crippen molar-refractivity contribution in [2.45, 2.75) is 83.8 Å². The topological polar surface area (TPSA) is 83.8 Å². The quantitative estimate of drug-likeness (QED) is 0.569. The van der Waals surface area contributed by atoms with Crippen LogP contribution in [0.4, 0.5) is 0 Å². The van der Waals surface area contributed by atoms with Crippen LogP contribution >= 0.6 is 0 Å². The third-order valence-electron chi connectivity index (χ3n) is 8.76. The van der Waals surface area contributed by atoms with Crippen LogP contribution in [0.3, 0.4) is 0 Å².